The second kappa shape index (κ2) is 5.72. The zero-order valence-electron chi connectivity index (χ0n) is 11.3. The molecule has 106 valence electrons. The molecule has 2 aromatic rings. The van der Waals surface area contributed by atoms with Crippen LogP contribution >= 0.6 is 11.3 Å². The maximum atomic E-state index is 12.2. The van der Waals surface area contributed by atoms with Gasteiger partial charge in [0.2, 0.25) is 0 Å². The summed E-state index contributed by atoms with van der Waals surface area (Å²) in [6, 6.07) is 2.21. The molecule has 0 saturated carbocycles. The highest BCUT2D eigenvalue weighted by Gasteiger charge is 2.22. The lowest BCUT2D eigenvalue weighted by Gasteiger charge is -2.23. The van der Waals surface area contributed by atoms with Gasteiger partial charge in [0.25, 0.3) is 5.91 Å². The normalized spacial score (nSPS) is 16.2. The predicted molar refractivity (Wildman–Crippen MR) is 78.2 cm³/mol. The summed E-state index contributed by atoms with van der Waals surface area (Å²) in [4.78, 5) is 12.2. The molecule has 0 atom stereocenters. The maximum absolute atomic E-state index is 12.2. The fourth-order valence-electron chi connectivity index (χ4n) is 2.47. The van der Waals surface area contributed by atoms with E-state index in [4.69, 9.17) is 0 Å². The zero-order chi connectivity index (χ0) is 13.9. The van der Waals surface area contributed by atoms with Gasteiger partial charge in [-0.3, -0.25) is 4.79 Å². The summed E-state index contributed by atoms with van der Waals surface area (Å²) in [6.45, 7) is 3.88. The number of carbonyl (C=O) groups is 1. The number of amides is 1. The van der Waals surface area contributed by atoms with Crippen LogP contribution in [0.15, 0.2) is 16.8 Å². The number of nitrogens with zero attached hydrogens (tertiary/aromatic N) is 3. The average Bonchev–Trinajstić information content (AvgIpc) is 3.09. The topological polar surface area (TPSA) is 71.8 Å². The summed E-state index contributed by atoms with van der Waals surface area (Å²) >= 11 is 1.55. The first-order chi connectivity index (χ1) is 9.75. The zero-order valence-corrected chi connectivity index (χ0v) is 12.1. The van der Waals surface area contributed by atoms with Crippen LogP contribution in [0.3, 0.4) is 0 Å². The molecule has 0 aliphatic carbocycles. The van der Waals surface area contributed by atoms with Crippen LogP contribution in [0.2, 0.25) is 0 Å². The first kappa shape index (κ1) is 13.3. The van der Waals surface area contributed by atoms with Crippen molar-refractivity contribution in [1.29, 1.82) is 0 Å². The standard InChI is InChI=1S/C13H17N5OS/c1-9-12(13(19)15-10-4-7-20-8-10)16-17-18(9)11-2-5-14-6-3-11/h4,7-8,11,14H,2-3,5-6H2,1H3,(H,15,19). The molecule has 1 aliphatic rings. The Labute approximate surface area is 121 Å². The minimum Gasteiger partial charge on any atom is -0.320 e. The summed E-state index contributed by atoms with van der Waals surface area (Å²) in [5.41, 5.74) is 2.05. The summed E-state index contributed by atoms with van der Waals surface area (Å²) in [7, 11) is 0. The van der Waals surface area contributed by atoms with E-state index in [2.05, 4.69) is 20.9 Å². The molecule has 3 rings (SSSR count). The molecule has 0 spiro atoms. The molecular weight excluding hydrogens is 274 g/mol. The summed E-state index contributed by atoms with van der Waals surface area (Å²) in [5, 5.41) is 18.2. The van der Waals surface area contributed by atoms with Gasteiger partial charge in [-0.05, 0) is 44.3 Å². The van der Waals surface area contributed by atoms with Crippen molar-refractivity contribution >= 4 is 22.9 Å². The van der Waals surface area contributed by atoms with Crippen molar-refractivity contribution in [2.75, 3.05) is 18.4 Å². The van der Waals surface area contributed by atoms with Crippen LogP contribution in [0.4, 0.5) is 5.69 Å². The number of rotatable bonds is 3. The van der Waals surface area contributed by atoms with E-state index in [1.807, 2.05) is 28.4 Å². The highest BCUT2D eigenvalue weighted by molar-refractivity contribution is 7.08. The van der Waals surface area contributed by atoms with E-state index in [-0.39, 0.29) is 5.91 Å². The minimum absolute atomic E-state index is 0.193. The number of anilines is 1. The fraction of sp³-hybridized carbons (Fsp3) is 0.462. The maximum Gasteiger partial charge on any atom is 0.278 e. The Kier molecular flexibility index (Phi) is 3.79. The molecule has 1 fully saturated rings. The van der Waals surface area contributed by atoms with Gasteiger partial charge in [0.15, 0.2) is 5.69 Å². The highest BCUT2D eigenvalue weighted by atomic mass is 32.1. The highest BCUT2D eigenvalue weighted by Crippen LogP contribution is 2.21. The second-order valence-electron chi connectivity index (χ2n) is 4.92. The van der Waals surface area contributed by atoms with Crippen LogP contribution < -0.4 is 10.6 Å². The van der Waals surface area contributed by atoms with E-state index in [0.29, 0.717) is 11.7 Å². The van der Waals surface area contributed by atoms with Gasteiger partial charge in [-0.1, -0.05) is 5.21 Å². The fourth-order valence-corrected chi connectivity index (χ4v) is 3.06. The van der Waals surface area contributed by atoms with Crippen molar-refractivity contribution in [2.24, 2.45) is 0 Å². The summed E-state index contributed by atoms with van der Waals surface area (Å²) < 4.78 is 1.89. The molecule has 0 radical (unpaired) electrons. The summed E-state index contributed by atoms with van der Waals surface area (Å²) in [5.74, 6) is -0.193. The van der Waals surface area contributed by atoms with Crippen LogP contribution in [0.1, 0.15) is 35.1 Å². The van der Waals surface area contributed by atoms with Crippen LogP contribution in [-0.4, -0.2) is 34.0 Å². The van der Waals surface area contributed by atoms with Gasteiger partial charge in [0.05, 0.1) is 17.4 Å². The third-order valence-corrected chi connectivity index (χ3v) is 4.26. The van der Waals surface area contributed by atoms with Crippen molar-refractivity contribution in [3.8, 4) is 0 Å². The second-order valence-corrected chi connectivity index (χ2v) is 5.70. The molecule has 20 heavy (non-hydrogen) atoms. The number of hydrogen-bond acceptors (Lipinski definition) is 5. The van der Waals surface area contributed by atoms with E-state index < -0.39 is 0 Å². The minimum atomic E-state index is -0.193. The molecule has 2 aromatic heterocycles. The number of aromatic nitrogens is 3. The molecule has 1 saturated heterocycles. The molecule has 0 unspecified atom stereocenters. The molecule has 0 aromatic carbocycles. The van der Waals surface area contributed by atoms with Crippen LogP contribution in [0.5, 0.6) is 0 Å². The van der Waals surface area contributed by atoms with E-state index in [9.17, 15) is 4.79 Å². The first-order valence-electron chi connectivity index (χ1n) is 6.72. The van der Waals surface area contributed by atoms with Crippen molar-refractivity contribution in [2.45, 2.75) is 25.8 Å². The molecule has 6 nitrogen and oxygen atoms in total. The predicted octanol–water partition coefficient (Wildman–Crippen LogP) is 1.82. The molecule has 2 N–H and O–H groups in total. The van der Waals surface area contributed by atoms with Crippen molar-refractivity contribution in [3.63, 3.8) is 0 Å². The quantitative estimate of drug-likeness (QED) is 0.905. The monoisotopic (exact) mass is 291 g/mol. The van der Waals surface area contributed by atoms with Gasteiger partial charge < -0.3 is 10.6 Å². The molecular formula is C13H17N5OS. The number of hydrogen-bond donors (Lipinski definition) is 2. The van der Waals surface area contributed by atoms with E-state index in [1.165, 1.54) is 0 Å². The van der Waals surface area contributed by atoms with Gasteiger partial charge in [0, 0.05) is 5.38 Å². The van der Waals surface area contributed by atoms with Crippen molar-refractivity contribution < 1.29 is 4.79 Å². The Morgan fingerprint density at radius 3 is 3.00 bits per heavy atom. The van der Waals surface area contributed by atoms with Crippen molar-refractivity contribution in [1.82, 2.24) is 20.3 Å². The average molecular weight is 291 g/mol. The Balaban J connectivity index is 1.77. The van der Waals surface area contributed by atoms with Crippen LogP contribution in [0, 0.1) is 6.92 Å². The number of carbonyl (C=O) groups excluding carboxylic acids is 1. The summed E-state index contributed by atoms with van der Waals surface area (Å²) in [6.07, 6.45) is 2.05. The molecule has 0 bridgehead atoms. The van der Waals surface area contributed by atoms with Gasteiger partial charge in [-0.25, -0.2) is 4.68 Å². The molecule has 1 aliphatic heterocycles. The lowest BCUT2D eigenvalue weighted by molar-refractivity contribution is 0.102. The molecule has 1 amide bonds. The third-order valence-electron chi connectivity index (χ3n) is 3.58. The molecule has 3 heterocycles. The van der Waals surface area contributed by atoms with Gasteiger partial charge >= 0.3 is 0 Å². The SMILES string of the molecule is Cc1c(C(=O)Nc2ccsc2)nnn1C1CCNCC1. The van der Waals surface area contributed by atoms with Crippen molar-refractivity contribution in [3.05, 3.63) is 28.2 Å². The van der Waals surface area contributed by atoms with Gasteiger partial charge in [-0.15, -0.1) is 5.10 Å². The Hall–Kier alpha value is -1.73. The largest absolute Gasteiger partial charge is 0.320 e. The van der Waals surface area contributed by atoms with Crippen LogP contribution in [0.25, 0.3) is 0 Å². The van der Waals surface area contributed by atoms with E-state index >= 15 is 0 Å². The molecule has 7 heteroatoms. The Morgan fingerprint density at radius 2 is 2.30 bits per heavy atom. The lowest BCUT2D eigenvalue weighted by atomic mass is 10.1. The van der Waals surface area contributed by atoms with E-state index in [0.717, 1.165) is 37.3 Å². The van der Waals surface area contributed by atoms with Crippen LogP contribution in [-0.2, 0) is 0 Å². The van der Waals surface area contributed by atoms with Gasteiger partial charge in [0.1, 0.15) is 0 Å². The smallest absolute Gasteiger partial charge is 0.278 e. The number of nitrogens with one attached hydrogen (secondary N) is 2. The Bertz CT molecular complexity index is 586. The Morgan fingerprint density at radius 1 is 1.50 bits per heavy atom. The third kappa shape index (κ3) is 2.59. The first-order valence-corrected chi connectivity index (χ1v) is 7.66. The van der Waals surface area contributed by atoms with E-state index in [1.54, 1.807) is 11.3 Å². The number of thiophene rings is 1. The lowest BCUT2D eigenvalue weighted by Crippen LogP contribution is -2.30. The van der Waals surface area contributed by atoms with Gasteiger partial charge in [-0.2, -0.15) is 11.3 Å². The number of piperidine rings is 1.